The number of piperazine rings is 1. The van der Waals surface area contributed by atoms with Crippen molar-refractivity contribution in [3.63, 3.8) is 0 Å². The molecule has 1 aromatic heterocycles. The molecule has 38 heavy (non-hydrogen) atoms. The maximum absolute atomic E-state index is 13.3. The van der Waals surface area contributed by atoms with Crippen LogP contribution >= 0.6 is 0 Å². The Labute approximate surface area is 223 Å². The van der Waals surface area contributed by atoms with Gasteiger partial charge >= 0.3 is 12.1 Å². The van der Waals surface area contributed by atoms with E-state index in [2.05, 4.69) is 20.5 Å². The second-order valence-electron chi connectivity index (χ2n) is 11.6. The van der Waals surface area contributed by atoms with Gasteiger partial charge in [0.15, 0.2) is 0 Å². The molecule has 0 bridgehead atoms. The first-order valence-corrected chi connectivity index (χ1v) is 12.8. The number of benzene rings is 1. The molecule has 11 nitrogen and oxygen atoms in total. The summed E-state index contributed by atoms with van der Waals surface area (Å²) in [4.78, 5) is 45.4. The fourth-order valence-electron chi connectivity index (χ4n) is 3.94. The molecule has 0 saturated carbocycles. The zero-order valence-corrected chi connectivity index (χ0v) is 23.4. The van der Waals surface area contributed by atoms with Crippen LogP contribution in [0.2, 0.25) is 0 Å². The summed E-state index contributed by atoms with van der Waals surface area (Å²) in [6.07, 6.45) is -0.712. The van der Waals surface area contributed by atoms with Gasteiger partial charge in [-0.05, 0) is 72.9 Å². The highest BCUT2D eigenvalue weighted by atomic mass is 16.6. The first-order valence-electron chi connectivity index (χ1n) is 12.8. The summed E-state index contributed by atoms with van der Waals surface area (Å²) in [7, 11) is 2.03. The Morgan fingerprint density at radius 2 is 1.63 bits per heavy atom. The van der Waals surface area contributed by atoms with E-state index in [9.17, 15) is 14.4 Å². The number of nitrogens with one attached hydrogen (secondary N) is 4. The summed E-state index contributed by atoms with van der Waals surface area (Å²) < 4.78 is 10.8. The Morgan fingerprint density at radius 1 is 1.00 bits per heavy atom. The van der Waals surface area contributed by atoms with Crippen LogP contribution in [0.1, 0.15) is 58.5 Å². The Bertz CT molecular complexity index is 1180. The second-order valence-corrected chi connectivity index (χ2v) is 11.6. The molecule has 1 aliphatic heterocycles. The predicted molar refractivity (Wildman–Crippen MR) is 147 cm³/mol. The number of ether oxygens (including phenoxy) is 2. The molecule has 3 rings (SSSR count). The van der Waals surface area contributed by atoms with Gasteiger partial charge in [0.05, 0.1) is 5.84 Å². The van der Waals surface area contributed by atoms with Crippen LogP contribution in [0.3, 0.4) is 0 Å². The van der Waals surface area contributed by atoms with E-state index in [0.717, 1.165) is 13.1 Å². The summed E-state index contributed by atoms with van der Waals surface area (Å²) in [5, 5.41) is 14.8. The van der Waals surface area contributed by atoms with Crippen molar-refractivity contribution in [3.8, 4) is 0 Å². The van der Waals surface area contributed by atoms with Crippen LogP contribution in [0.5, 0.6) is 0 Å². The van der Waals surface area contributed by atoms with Crippen molar-refractivity contribution >= 4 is 40.4 Å². The van der Waals surface area contributed by atoms with Crippen LogP contribution < -0.4 is 10.6 Å². The van der Waals surface area contributed by atoms with Crippen LogP contribution in [0.15, 0.2) is 24.3 Å². The second kappa shape index (κ2) is 11.4. The smallest absolute Gasteiger partial charge is 0.408 e. The number of aromatic nitrogens is 1. The quantitative estimate of drug-likeness (QED) is 0.255. The summed E-state index contributed by atoms with van der Waals surface area (Å²) in [5.74, 6) is -0.669. The first-order chi connectivity index (χ1) is 17.6. The molecule has 2 aromatic rings. The number of anilines is 1. The molecule has 4 N–H and O–H groups in total. The highest BCUT2D eigenvalue weighted by Gasteiger charge is 2.28. The number of carbonyl (C=O) groups is 3. The summed E-state index contributed by atoms with van der Waals surface area (Å²) in [5.41, 5.74) is 0.148. The van der Waals surface area contributed by atoms with Gasteiger partial charge in [0.1, 0.15) is 22.9 Å². The van der Waals surface area contributed by atoms with E-state index in [4.69, 9.17) is 14.9 Å². The van der Waals surface area contributed by atoms with E-state index in [0.29, 0.717) is 35.4 Å². The van der Waals surface area contributed by atoms with Gasteiger partial charge in [0.2, 0.25) is 5.91 Å². The number of H-pyrrole nitrogens is 1. The topological polar surface area (TPSA) is 140 Å². The fourth-order valence-corrected chi connectivity index (χ4v) is 3.94. The standard InChI is InChI=1S/C27H40N6O5/c1-26(2,3)37-24(35)21-15-17-14-18(8-9-19(17)30-21)29-23(34)20(31-25(36)38-27(4,5)6)16-22(28)33-12-10-32(7)11-13-33/h8-9,14-15,20,28,30H,10-13,16H2,1-7H3,(H,29,34)(H,31,36)/t20-/m0/s1. The third-order valence-corrected chi connectivity index (χ3v) is 5.80. The minimum atomic E-state index is -1.02. The lowest BCUT2D eigenvalue weighted by molar-refractivity contribution is -0.118. The molecular weight excluding hydrogens is 488 g/mol. The third-order valence-electron chi connectivity index (χ3n) is 5.80. The number of nitrogens with zero attached hydrogens (tertiary/aromatic N) is 2. The van der Waals surface area contributed by atoms with Crippen LogP contribution in [0.4, 0.5) is 10.5 Å². The van der Waals surface area contributed by atoms with E-state index in [1.165, 1.54) is 0 Å². The molecule has 1 atom stereocenters. The van der Waals surface area contributed by atoms with Crippen molar-refractivity contribution in [2.45, 2.75) is 65.2 Å². The zero-order chi connectivity index (χ0) is 28.3. The SMILES string of the molecule is CN1CCN(C(=N)C[C@H](NC(=O)OC(C)(C)C)C(=O)Nc2ccc3[nH]c(C(=O)OC(C)(C)C)cc3c2)CC1. The van der Waals surface area contributed by atoms with Crippen LogP contribution in [-0.4, -0.2) is 89.1 Å². The van der Waals surface area contributed by atoms with Crippen molar-refractivity contribution < 1.29 is 23.9 Å². The Kier molecular flexibility index (Phi) is 8.71. The number of aromatic amines is 1. The van der Waals surface area contributed by atoms with Crippen molar-refractivity contribution in [1.29, 1.82) is 5.41 Å². The molecule has 11 heteroatoms. The average Bonchev–Trinajstić information content (AvgIpc) is 3.20. The number of rotatable bonds is 6. The number of hydrogen-bond donors (Lipinski definition) is 4. The summed E-state index contributed by atoms with van der Waals surface area (Å²) >= 11 is 0. The van der Waals surface area contributed by atoms with Gasteiger partial charge in [0, 0.05) is 49.2 Å². The predicted octanol–water partition coefficient (Wildman–Crippen LogP) is 3.57. The summed E-state index contributed by atoms with van der Waals surface area (Å²) in [6.45, 7) is 13.6. The van der Waals surface area contributed by atoms with Crippen molar-refractivity contribution in [2.75, 3.05) is 38.5 Å². The van der Waals surface area contributed by atoms with Crippen LogP contribution in [0.25, 0.3) is 10.9 Å². The maximum atomic E-state index is 13.3. The lowest BCUT2D eigenvalue weighted by Crippen LogP contribution is -2.51. The number of amidine groups is 1. The van der Waals surface area contributed by atoms with Crippen molar-refractivity contribution in [1.82, 2.24) is 20.1 Å². The molecule has 0 unspecified atom stereocenters. The van der Waals surface area contributed by atoms with Gasteiger partial charge in [-0.1, -0.05) is 0 Å². The van der Waals surface area contributed by atoms with E-state index in [1.807, 2.05) is 11.9 Å². The molecule has 2 amide bonds. The number of hydrogen-bond acceptors (Lipinski definition) is 7. The van der Waals surface area contributed by atoms with E-state index >= 15 is 0 Å². The highest BCUT2D eigenvalue weighted by Crippen LogP contribution is 2.22. The van der Waals surface area contributed by atoms with Gasteiger partial charge in [0.25, 0.3) is 0 Å². The normalized spacial score (nSPS) is 15.6. The van der Waals surface area contributed by atoms with Crippen molar-refractivity contribution in [2.24, 2.45) is 0 Å². The molecule has 2 heterocycles. The van der Waals surface area contributed by atoms with Gasteiger partial charge in [-0.2, -0.15) is 0 Å². The molecule has 0 aliphatic carbocycles. The summed E-state index contributed by atoms with van der Waals surface area (Å²) in [6, 6.07) is 5.83. The lowest BCUT2D eigenvalue weighted by atomic mass is 10.1. The molecule has 0 radical (unpaired) electrons. The Morgan fingerprint density at radius 3 is 2.24 bits per heavy atom. The molecule has 1 saturated heterocycles. The zero-order valence-electron chi connectivity index (χ0n) is 23.4. The fraction of sp³-hybridized carbons (Fsp3) is 0.556. The van der Waals surface area contributed by atoms with Crippen LogP contribution in [-0.2, 0) is 14.3 Å². The van der Waals surface area contributed by atoms with Gasteiger partial charge in [-0.3, -0.25) is 10.2 Å². The number of likely N-dealkylation sites (N-methyl/N-ethyl adjacent to an activating group) is 1. The molecule has 208 valence electrons. The number of amides is 2. The van der Waals surface area contributed by atoms with Gasteiger partial charge in [-0.25, -0.2) is 9.59 Å². The van der Waals surface area contributed by atoms with Crippen LogP contribution in [0, 0.1) is 5.41 Å². The van der Waals surface area contributed by atoms with Gasteiger partial charge in [-0.15, -0.1) is 0 Å². The van der Waals surface area contributed by atoms with Crippen molar-refractivity contribution in [3.05, 3.63) is 30.0 Å². The molecule has 1 aliphatic rings. The minimum absolute atomic E-state index is 0.0178. The van der Waals surface area contributed by atoms with E-state index in [-0.39, 0.29) is 12.3 Å². The lowest BCUT2D eigenvalue weighted by Gasteiger charge is -2.35. The number of esters is 1. The Hall–Kier alpha value is -3.60. The largest absolute Gasteiger partial charge is 0.455 e. The number of fused-ring (bicyclic) bond motifs is 1. The monoisotopic (exact) mass is 528 g/mol. The number of alkyl carbamates (subject to hydrolysis) is 1. The molecule has 1 fully saturated rings. The van der Waals surface area contributed by atoms with Gasteiger partial charge < -0.3 is 34.9 Å². The molecule has 0 spiro atoms. The third kappa shape index (κ3) is 8.47. The first kappa shape index (κ1) is 29.0. The molecular formula is C27H40N6O5. The van der Waals surface area contributed by atoms with E-state index < -0.39 is 35.2 Å². The maximum Gasteiger partial charge on any atom is 0.408 e. The highest BCUT2D eigenvalue weighted by molar-refractivity contribution is 6.01. The van der Waals surface area contributed by atoms with E-state index in [1.54, 1.807) is 65.8 Å². The Balaban J connectivity index is 1.75. The number of carbonyl (C=O) groups excluding carboxylic acids is 3. The minimum Gasteiger partial charge on any atom is -0.455 e. The molecule has 1 aromatic carbocycles. The average molecular weight is 529 g/mol.